The van der Waals surface area contributed by atoms with Crippen molar-refractivity contribution in [2.24, 2.45) is 0 Å². The quantitative estimate of drug-likeness (QED) is 0.315. The van der Waals surface area contributed by atoms with Crippen molar-refractivity contribution in [3.05, 3.63) is 48.0 Å². The summed E-state index contributed by atoms with van der Waals surface area (Å²) in [6.07, 6.45) is 6.40. The normalized spacial score (nSPS) is 9.81. The molecule has 0 unspecified atom stereocenters. The first-order valence-corrected chi connectivity index (χ1v) is 5.50. The molecule has 1 rings (SSSR count). The van der Waals surface area contributed by atoms with Crippen LogP contribution in [0.2, 0.25) is 0 Å². The molecule has 0 bridgehead atoms. The van der Waals surface area contributed by atoms with Crippen LogP contribution in [0.25, 0.3) is 0 Å². The maximum absolute atomic E-state index is 11.6. The lowest BCUT2D eigenvalue weighted by atomic mass is 10.1. The van der Waals surface area contributed by atoms with E-state index in [9.17, 15) is 4.79 Å². The zero-order chi connectivity index (χ0) is 11.6. The second kappa shape index (κ2) is 7.48. The van der Waals surface area contributed by atoms with Gasteiger partial charge in [-0.05, 0) is 25.8 Å². The van der Waals surface area contributed by atoms with E-state index in [-0.39, 0.29) is 5.78 Å². The number of hydrogen-bond acceptors (Lipinski definition) is 1. The fraction of sp³-hybridized carbons (Fsp3) is 0.267. The Balaban J connectivity index is 2.34. The van der Waals surface area contributed by atoms with Gasteiger partial charge in [0.2, 0.25) is 0 Å². The molecule has 0 aromatic heterocycles. The molecular weight excluding hydrogens is 196 g/mol. The molecule has 82 valence electrons. The van der Waals surface area contributed by atoms with E-state index in [0.717, 1.165) is 24.8 Å². The molecule has 0 spiro atoms. The molecule has 0 radical (unpaired) electrons. The largest absolute Gasteiger partial charge is 0.289 e. The molecule has 1 nitrogen and oxygen atoms in total. The molecule has 16 heavy (non-hydrogen) atoms. The van der Waals surface area contributed by atoms with E-state index in [4.69, 9.17) is 0 Å². The first kappa shape index (κ1) is 12.3. The van der Waals surface area contributed by atoms with Crippen LogP contribution in [0.15, 0.2) is 42.5 Å². The number of rotatable bonds is 5. The molecular formula is C15H16O. The van der Waals surface area contributed by atoms with E-state index in [2.05, 4.69) is 11.8 Å². The summed E-state index contributed by atoms with van der Waals surface area (Å²) < 4.78 is 0. The minimum atomic E-state index is 0.0715. The van der Waals surface area contributed by atoms with Gasteiger partial charge >= 0.3 is 0 Å². The Hall–Kier alpha value is -1.81. The summed E-state index contributed by atoms with van der Waals surface area (Å²) in [5, 5.41) is 0. The molecule has 0 fully saturated rings. The zero-order valence-electron chi connectivity index (χ0n) is 9.57. The highest BCUT2D eigenvalue weighted by molar-refractivity contribution is 6.04. The molecule has 0 aliphatic rings. The first-order chi connectivity index (χ1) is 7.84. The minimum absolute atomic E-state index is 0.0715. The molecule has 0 N–H and O–H groups in total. The minimum Gasteiger partial charge on any atom is -0.289 e. The monoisotopic (exact) mass is 212 g/mol. The summed E-state index contributed by atoms with van der Waals surface area (Å²) in [5.41, 5.74) is 0.743. The van der Waals surface area contributed by atoms with Gasteiger partial charge in [-0.25, -0.2) is 0 Å². The predicted octanol–water partition coefficient (Wildman–Crippen LogP) is 3.62. The van der Waals surface area contributed by atoms with Gasteiger partial charge in [0.1, 0.15) is 0 Å². The molecule has 1 heteroatoms. The number of carbonyl (C=O) groups is 1. The fourth-order valence-electron chi connectivity index (χ4n) is 1.32. The topological polar surface area (TPSA) is 17.1 Å². The van der Waals surface area contributed by atoms with Crippen molar-refractivity contribution in [3.63, 3.8) is 0 Å². The van der Waals surface area contributed by atoms with Crippen LogP contribution in [0.3, 0.4) is 0 Å². The summed E-state index contributed by atoms with van der Waals surface area (Å²) >= 11 is 0. The summed E-state index contributed by atoms with van der Waals surface area (Å²) in [7, 11) is 0. The lowest BCUT2D eigenvalue weighted by Crippen LogP contribution is -1.92. The van der Waals surface area contributed by atoms with Gasteiger partial charge < -0.3 is 0 Å². The maximum atomic E-state index is 11.6. The van der Waals surface area contributed by atoms with Crippen molar-refractivity contribution >= 4 is 5.78 Å². The highest BCUT2D eigenvalue weighted by Gasteiger charge is 1.97. The van der Waals surface area contributed by atoms with Crippen molar-refractivity contribution in [2.45, 2.75) is 26.2 Å². The molecule has 0 aliphatic carbocycles. The second-order valence-electron chi connectivity index (χ2n) is 3.45. The number of hydrogen-bond donors (Lipinski definition) is 0. The summed E-state index contributed by atoms with van der Waals surface area (Å²) in [6.45, 7) is 1.84. The van der Waals surface area contributed by atoms with Crippen molar-refractivity contribution in [3.8, 4) is 11.8 Å². The van der Waals surface area contributed by atoms with Crippen LogP contribution in [0, 0.1) is 11.8 Å². The fourth-order valence-corrected chi connectivity index (χ4v) is 1.32. The third-order valence-electron chi connectivity index (χ3n) is 2.18. The second-order valence-corrected chi connectivity index (χ2v) is 3.45. The highest BCUT2D eigenvalue weighted by atomic mass is 16.1. The van der Waals surface area contributed by atoms with Gasteiger partial charge in [-0.1, -0.05) is 36.4 Å². The van der Waals surface area contributed by atoms with Crippen LogP contribution in [-0.2, 0) is 0 Å². The summed E-state index contributed by atoms with van der Waals surface area (Å²) in [5.74, 6) is 5.92. The average Bonchev–Trinajstić information content (AvgIpc) is 2.34. The van der Waals surface area contributed by atoms with E-state index in [0.29, 0.717) is 0 Å². The molecule has 0 saturated heterocycles. The number of ketones is 1. The maximum Gasteiger partial charge on any atom is 0.185 e. The lowest BCUT2D eigenvalue weighted by Gasteiger charge is -1.93. The van der Waals surface area contributed by atoms with Crippen LogP contribution >= 0.6 is 0 Å². The van der Waals surface area contributed by atoms with Gasteiger partial charge in [0.05, 0.1) is 0 Å². The van der Waals surface area contributed by atoms with Gasteiger partial charge in [0.25, 0.3) is 0 Å². The molecule has 1 aromatic rings. The van der Waals surface area contributed by atoms with E-state index in [1.165, 1.54) is 0 Å². The van der Waals surface area contributed by atoms with Crippen LogP contribution < -0.4 is 0 Å². The summed E-state index contributed by atoms with van der Waals surface area (Å²) in [6, 6.07) is 9.31. The third kappa shape index (κ3) is 4.61. The van der Waals surface area contributed by atoms with Crippen molar-refractivity contribution in [2.75, 3.05) is 0 Å². The Bertz CT molecular complexity index is 404. The van der Waals surface area contributed by atoms with Crippen LogP contribution in [0.5, 0.6) is 0 Å². The SMILES string of the molecule is CC#CCCC/C=C/C(=O)c1ccccc1. The van der Waals surface area contributed by atoms with E-state index >= 15 is 0 Å². The predicted molar refractivity (Wildman–Crippen MR) is 67.2 cm³/mol. The number of carbonyl (C=O) groups excluding carboxylic acids is 1. The van der Waals surface area contributed by atoms with Gasteiger partial charge in [0.15, 0.2) is 5.78 Å². The summed E-state index contributed by atoms with van der Waals surface area (Å²) in [4.78, 5) is 11.6. The Morgan fingerprint density at radius 2 is 2.06 bits per heavy atom. The van der Waals surface area contributed by atoms with Crippen molar-refractivity contribution in [1.29, 1.82) is 0 Å². The Morgan fingerprint density at radius 3 is 2.75 bits per heavy atom. The zero-order valence-corrected chi connectivity index (χ0v) is 9.57. The average molecular weight is 212 g/mol. The molecule has 0 atom stereocenters. The van der Waals surface area contributed by atoms with E-state index in [1.807, 2.05) is 43.3 Å². The van der Waals surface area contributed by atoms with Gasteiger partial charge in [-0.2, -0.15) is 0 Å². The van der Waals surface area contributed by atoms with Crippen LogP contribution in [-0.4, -0.2) is 5.78 Å². The molecule has 0 heterocycles. The van der Waals surface area contributed by atoms with Crippen molar-refractivity contribution < 1.29 is 4.79 Å². The number of allylic oxidation sites excluding steroid dienone is 2. The smallest absolute Gasteiger partial charge is 0.185 e. The molecule has 0 aliphatic heterocycles. The lowest BCUT2D eigenvalue weighted by molar-refractivity contribution is 0.104. The Kier molecular flexibility index (Phi) is 5.73. The van der Waals surface area contributed by atoms with E-state index < -0.39 is 0 Å². The van der Waals surface area contributed by atoms with Crippen molar-refractivity contribution in [1.82, 2.24) is 0 Å². The molecule has 0 saturated carbocycles. The molecule has 0 amide bonds. The number of unbranched alkanes of at least 4 members (excludes halogenated alkanes) is 2. The standard InChI is InChI=1S/C15H16O/c1-2-3-4-5-6-10-13-15(16)14-11-8-7-9-12-14/h7-13H,4-6H2,1H3/b13-10+. The van der Waals surface area contributed by atoms with Gasteiger partial charge in [-0.15, -0.1) is 11.8 Å². The first-order valence-electron chi connectivity index (χ1n) is 5.50. The molecule has 1 aromatic carbocycles. The number of benzene rings is 1. The Labute approximate surface area is 97.2 Å². The van der Waals surface area contributed by atoms with Gasteiger partial charge in [0, 0.05) is 12.0 Å². The Morgan fingerprint density at radius 1 is 1.31 bits per heavy atom. The van der Waals surface area contributed by atoms with Crippen LogP contribution in [0.1, 0.15) is 36.5 Å². The highest BCUT2D eigenvalue weighted by Crippen LogP contribution is 2.02. The third-order valence-corrected chi connectivity index (χ3v) is 2.18. The van der Waals surface area contributed by atoms with Crippen LogP contribution in [0.4, 0.5) is 0 Å². The van der Waals surface area contributed by atoms with E-state index in [1.54, 1.807) is 6.08 Å². The van der Waals surface area contributed by atoms with Gasteiger partial charge in [-0.3, -0.25) is 4.79 Å².